The Hall–Kier alpha value is -2.37. The maximum absolute atomic E-state index is 12.6. The van der Waals surface area contributed by atoms with E-state index >= 15 is 0 Å². The zero-order valence-corrected chi connectivity index (χ0v) is 13.0. The van der Waals surface area contributed by atoms with Gasteiger partial charge in [-0.2, -0.15) is 0 Å². The van der Waals surface area contributed by atoms with Crippen LogP contribution in [-0.4, -0.2) is 57.8 Å². The zero-order chi connectivity index (χ0) is 15.8. The third kappa shape index (κ3) is 2.58. The third-order valence-corrected chi connectivity index (χ3v) is 5.00. The van der Waals surface area contributed by atoms with Crippen molar-refractivity contribution in [2.24, 2.45) is 5.92 Å². The second-order valence-electron chi connectivity index (χ2n) is 6.38. The number of hydrogen-bond donors (Lipinski definition) is 1. The highest BCUT2D eigenvalue weighted by atomic mass is 16.2. The van der Waals surface area contributed by atoms with Gasteiger partial charge in [-0.3, -0.25) is 9.59 Å². The van der Waals surface area contributed by atoms with Crippen LogP contribution in [0.15, 0.2) is 24.5 Å². The van der Waals surface area contributed by atoms with E-state index in [0.717, 1.165) is 23.9 Å². The van der Waals surface area contributed by atoms with Gasteiger partial charge >= 0.3 is 0 Å². The number of hydrogen-bond acceptors (Lipinski definition) is 3. The van der Waals surface area contributed by atoms with E-state index in [2.05, 4.69) is 9.97 Å². The lowest BCUT2D eigenvalue weighted by molar-refractivity contribution is -0.139. The molecule has 2 fully saturated rings. The Bertz CT molecular complexity index is 742. The van der Waals surface area contributed by atoms with Crippen LogP contribution in [0, 0.1) is 5.92 Å². The molecular formula is C17H20N4O2. The molecule has 2 amide bonds. The molecule has 0 bridgehead atoms. The van der Waals surface area contributed by atoms with Crippen LogP contribution in [0.1, 0.15) is 29.6 Å². The first-order valence-corrected chi connectivity index (χ1v) is 8.23. The number of carbonyl (C=O) groups excluding carboxylic acids is 2. The maximum atomic E-state index is 12.6. The molecule has 6 heteroatoms. The maximum Gasteiger partial charge on any atom is 0.254 e. The van der Waals surface area contributed by atoms with Crippen LogP contribution in [0.2, 0.25) is 0 Å². The highest BCUT2D eigenvalue weighted by Crippen LogP contribution is 2.28. The monoisotopic (exact) mass is 312 g/mol. The lowest BCUT2D eigenvalue weighted by Crippen LogP contribution is -2.52. The number of rotatable bonds is 2. The highest BCUT2D eigenvalue weighted by Gasteiger charge is 2.32. The van der Waals surface area contributed by atoms with Crippen LogP contribution in [0.4, 0.5) is 0 Å². The van der Waals surface area contributed by atoms with Crippen molar-refractivity contribution in [2.75, 3.05) is 26.2 Å². The van der Waals surface area contributed by atoms with E-state index in [1.807, 2.05) is 28.0 Å². The van der Waals surface area contributed by atoms with E-state index in [4.69, 9.17) is 0 Å². The van der Waals surface area contributed by atoms with E-state index in [-0.39, 0.29) is 17.7 Å². The molecule has 1 aliphatic carbocycles. The molecule has 1 aromatic carbocycles. The number of fused-ring (bicyclic) bond motifs is 1. The number of aromatic nitrogens is 2. The first kappa shape index (κ1) is 14.2. The van der Waals surface area contributed by atoms with Crippen LogP contribution < -0.4 is 0 Å². The summed E-state index contributed by atoms with van der Waals surface area (Å²) < 4.78 is 0. The standard InChI is InChI=1S/C17H20N4O2/c22-16(12-2-1-3-12)20-6-8-21(9-7-20)17(23)13-4-5-14-15(10-13)19-11-18-14/h4-5,10-12H,1-3,6-9H2,(H,18,19). The van der Waals surface area contributed by atoms with Gasteiger partial charge in [0.25, 0.3) is 5.91 Å². The predicted molar refractivity (Wildman–Crippen MR) is 85.9 cm³/mol. The summed E-state index contributed by atoms with van der Waals surface area (Å²) in [5.74, 6) is 0.541. The minimum atomic E-state index is 0.0252. The van der Waals surface area contributed by atoms with Crippen LogP contribution in [0.3, 0.4) is 0 Å². The number of amides is 2. The molecule has 1 aliphatic heterocycles. The first-order chi connectivity index (χ1) is 11.2. The van der Waals surface area contributed by atoms with Gasteiger partial charge in [-0.1, -0.05) is 6.42 Å². The van der Waals surface area contributed by atoms with Crippen LogP contribution in [0.5, 0.6) is 0 Å². The van der Waals surface area contributed by atoms with Crippen molar-refractivity contribution in [1.29, 1.82) is 0 Å². The van der Waals surface area contributed by atoms with Gasteiger partial charge in [0.05, 0.1) is 17.4 Å². The van der Waals surface area contributed by atoms with E-state index in [9.17, 15) is 9.59 Å². The quantitative estimate of drug-likeness (QED) is 0.916. The summed E-state index contributed by atoms with van der Waals surface area (Å²) in [6.45, 7) is 2.51. The van der Waals surface area contributed by atoms with Gasteiger partial charge in [-0.25, -0.2) is 4.98 Å². The molecule has 120 valence electrons. The lowest BCUT2D eigenvalue weighted by atomic mass is 9.84. The molecule has 1 aromatic heterocycles. The summed E-state index contributed by atoms with van der Waals surface area (Å²) in [6, 6.07) is 5.52. The predicted octanol–water partition coefficient (Wildman–Crippen LogP) is 1.65. The number of piperazine rings is 1. The van der Waals surface area contributed by atoms with Crippen LogP contribution in [-0.2, 0) is 4.79 Å². The van der Waals surface area contributed by atoms with Gasteiger partial charge in [-0.05, 0) is 31.0 Å². The summed E-state index contributed by atoms with van der Waals surface area (Å²) in [7, 11) is 0. The molecule has 0 unspecified atom stereocenters. The van der Waals surface area contributed by atoms with Gasteiger partial charge in [0.1, 0.15) is 0 Å². The Morgan fingerprint density at radius 1 is 1.09 bits per heavy atom. The van der Waals surface area contributed by atoms with Gasteiger partial charge in [0.15, 0.2) is 0 Å². The largest absolute Gasteiger partial charge is 0.345 e. The van der Waals surface area contributed by atoms with Crippen LogP contribution in [0.25, 0.3) is 11.0 Å². The molecule has 6 nitrogen and oxygen atoms in total. The molecule has 2 aliphatic rings. The Kier molecular flexibility index (Phi) is 3.52. The molecule has 0 atom stereocenters. The van der Waals surface area contributed by atoms with Crippen molar-refractivity contribution >= 4 is 22.8 Å². The molecule has 2 heterocycles. The number of nitrogens with zero attached hydrogens (tertiary/aromatic N) is 3. The van der Waals surface area contributed by atoms with E-state index in [0.29, 0.717) is 31.7 Å². The number of aromatic amines is 1. The number of imidazole rings is 1. The lowest BCUT2D eigenvalue weighted by Gasteiger charge is -2.38. The topological polar surface area (TPSA) is 69.3 Å². The van der Waals surface area contributed by atoms with Crippen LogP contribution >= 0.6 is 0 Å². The number of carbonyl (C=O) groups is 2. The molecule has 4 rings (SSSR count). The van der Waals surface area contributed by atoms with Gasteiger partial charge in [0, 0.05) is 37.7 Å². The Balaban J connectivity index is 1.41. The fourth-order valence-electron chi connectivity index (χ4n) is 3.29. The summed E-state index contributed by atoms with van der Waals surface area (Å²) in [5.41, 5.74) is 2.40. The zero-order valence-electron chi connectivity index (χ0n) is 13.0. The Morgan fingerprint density at radius 3 is 2.52 bits per heavy atom. The van der Waals surface area contributed by atoms with Gasteiger partial charge in [0.2, 0.25) is 5.91 Å². The van der Waals surface area contributed by atoms with Gasteiger partial charge < -0.3 is 14.8 Å². The van der Waals surface area contributed by atoms with E-state index < -0.39 is 0 Å². The SMILES string of the molecule is O=C(c1ccc2nc[nH]c2c1)N1CCN(C(=O)C2CCC2)CC1. The fourth-order valence-corrected chi connectivity index (χ4v) is 3.29. The second kappa shape index (κ2) is 5.68. The van der Waals surface area contributed by atoms with Crippen molar-refractivity contribution in [3.63, 3.8) is 0 Å². The summed E-state index contributed by atoms with van der Waals surface area (Å²) in [5, 5.41) is 0. The van der Waals surface area contributed by atoms with E-state index in [1.54, 1.807) is 6.33 Å². The van der Waals surface area contributed by atoms with Crippen molar-refractivity contribution in [1.82, 2.24) is 19.8 Å². The Labute approximate surface area is 134 Å². The molecule has 1 saturated carbocycles. The number of benzene rings is 1. The minimum Gasteiger partial charge on any atom is -0.345 e. The molecule has 1 saturated heterocycles. The summed E-state index contributed by atoms with van der Waals surface area (Å²) >= 11 is 0. The average molecular weight is 312 g/mol. The smallest absolute Gasteiger partial charge is 0.254 e. The van der Waals surface area contributed by atoms with Gasteiger partial charge in [-0.15, -0.1) is 0 Å². The normalized spacial score (nSPS) is 19.0. The van der Waals surface area contributed by atoms with Crippen molar-refractivity contribution in [3.05, 3.63) is 30.1 Å². The van der Waals surface area contributed by atoms with Crippen molar-refractivity contribution in [3.8, 4) is 0 Å². The van der Waals surface area contributed by atoms with Crippen molar-refractivity contribution < 1.29 is 9.59 Å². The molecule has 0 radical (unpaired) electrons. The molecule has 2 aromatic rings. The molecule has 23 heavy (non-hydrogen) atoms. The summed E-state index contributed by atoms with van der Waals surface area (Å²) in [6.07, 6.45) is 4.86. The minimum absolute atomic E-state index is 0.0252. The molecule has 1 N–H and O–H groups in total. The highest BCUT2D eigenvalue weighted by molar-refractivity contribution is 5.97. The number of H-pyrrole nitrogens is 1. The Morgan fingerprint density at radius 2 is 1.83 bits per heavy atom. The molecule has 0 spiro atoms. The van der Waals surface area contributed by atoms with Crippen molar-refractivity contribution in [2.45, 2.75) is 19.3 Å². The molecular weight excluding hydrogens is 292 g/mol. The second-order valence-corrected chi connectivity index (χ2v) is 6.38. The number of nitrogens with one attached hydrogen (secondary N) is 1. The third-order valence-electron chi connectivity index (χ3n) is 5.00. The average Bonchev–Trinajstić information content (AvgIpc) is 3.00. The first-order valence-electron chi connectivity index (χ1n) is 8.23. The summed E-state index contributed by atoms with van der Waals surface area (Å²) in [4.78, 5) is 35.8. The van der Waals surface area contributed by atoms with E-state index in [1.165, 1.54) is 6.42 Å². The fraction of sp³-hybridized carbons (Fsp3) is 0.471.